The van der Waals surface area contributed by atoms with E-state index in [0.717, 1.165) is 16.7 Å². The zero-order valence-electron chi connectivity index (χ0n) is 13.3. The van der Waals surface area contributed by atoms with Crippen molar-refractivity contribution in [1.82, 2.24) is 5.32 Å². The van der Waals surface area contributed by atoms with Gasteiger partial charge in [-0.05, 0) is 37.1 Å². The fraction of sp³-hybridized carbons (Fsp3) is 0.235. The van der Waals surface area contributed by atoms with E-state index in [1.165, 1.54) is 25.3 Å². The highest BCUT2D eigenvalue weighted by Gasteiger charge is 2.18. The Bertz CT molecular complexity index is 756. The van der Waals surface area contributed by atoms with E-state index >= 15 is 0 Å². The predicted octanol–water partition coefficient (Wildman–Crippen LogP) is 3.15. The number of benzene rings is 2. The summed E-state index contributed by atoms with van der Waals surface area (Å²) in [6.45, 7) is 4.35. The molecule has 2 aromatic rings. The van der Waals surface area contributed by atoms with Gasteiger partial charge in [0.25, 0.3) is 5.91 Å². The van der Waals surface area contributed by atoms with Crippen LogP contribution in [0.4, 0.5) is 5.69 Å². The molecule has 0 aliphatic heterocycles. The summed E-state index contributed by atoms with van der Waals surface area (Å²) in [5, 5.41) is 13.8. The maximum absolute atomic E-state index is 12.2. The zero-order valence-corrected chi connectivity index (χ0v) is 13.3. The molecular weight excluding hydrogens is 296 g/mol. The van der Waals surface area contributed by atoms with E-state index in [2.05, 4.69) is 5.32 Å². The second-order valence-electron chi connectivity index (χ2n) is 5.26. The van der Waals surface area contributed by atoms with Crippen LogP contribution < -0.4 is 10.1 Å². The molecule has 6 nitrogen and oxygen atoms in total. The first-order valence-electron chi connectivity index (χ1n) is 7.09. The molecule has 1 amide bonds. The summed E-state index contributed by atoms with van der Waals surface area (Å²) in [6, 6.07) is 10.1. The fourth-order valence-corrected chi connectivity index (χ4v) is 2.30. The third-order valence-electron chi connectivity index (χ3n) is 3.58. The number of ether oxygens (including phenoxy) is 1. The Morgan fingerprint density at radius 3 is 2.57 bits per heavy atom. The minimum Gasteiger partial charge on any atom is -0.490 e. The van der Waals surface area contributed by atoms with Crippen molar-refractivity contribution in [2.24, 2.45) is 0 Å². The number of methoxy groups -OCH3 is 1. The average Bonchev–Trinajstić information content (AvgIpc) is 2.53. The van der Waals surface area contributed by atoms with Gasteiger partial charge in [-0.15, -0.1) is 0 Å². The normalized spacial score (nSPS) is 10.2. The summed E-state index contributed by atoms with van der Waals surface area (Å²) >= 11 is 0. The van der Waals surface area contributed by atoms with Crippen LogP contribution in [0.25, 0.3) is 0 Å². The quantitative estimate of drug-likeness (QED) is 0.679. The largest absolute Gasteiger partial charge is 0.490 e. The lowest BCUT2D eigenvalue weighted by Gasteiger charge is -2.09. The topological polar surface area (TPSA) is 81.5 Å². The first kappa shape index (κ1) is 16.5. The Hall–Kier alpha value is -2.89. The molecule has 0 bridgehead atoms. The van der Waals surface area contributed by atoms with Crippen LogP contribution in [-0.2, 0) is 6.54 Å². The lowest BCUT2D eigenvalue weighted by atomic mass is 10.1. The SMILES string of the molecule is COc1ccc(C(=O)NCc2ccc(C)cc2C)cc1[N+](=O)[O-]. The second-order valence-corrected chi connectivity index (χ2v) is 5.26. The van der Waals surface area contributed by atoms with Gasteiger partial charge in [-0.25, -0.2) is 0 Å². The summed E-state index contributed by atoms with van der Waals surface area (Å²) < 4.78 is 4.92. The molecule has 0 fully saturated rings. The molecule has 2 aromatic carbocycles. The maximum atomic E-state index is 12.2. The number of aryl methyl sites for hydroxylation is 2. The van der Waals surface area contributed by atoms with E-state index in [4.69, 9.17) is 4.74 Å². The molecule has 120 valence electrons. The number of nitro groups is 1. The summed E-state index contributed by atoms with van der Waals surface area (Å²) in [6.07, 6.45) is 0. The van der Waals surface area contributed by atoms with Gasteiger partial charge in [-0.2, -0.15) is 0 Å². The molecule has 0 saturated heterocycles. The van der Waals surface area contributed by atoms with Gasteiger partial charge in [0, 0.05) is 18.2 Å². The highest BCUT2D eigenvalue weighted by molar-refractivity contribution is 5.95. The lowest BCUT2D eigenvalue weighted by molar-refractivity contribution is -0.385. The van der Waals surface area contributed by atoms with Gasteiger partial charge in [-0.1, -0.05) is 23.8 Å². The Balaban J connectivity index is 2.14. The van der Waals surface area contributed by atoms with Crippen LogP contribution in [0.1, 0.15) is 27.0 Å². The fourth-order valence-electron chi connectivity index (χ4n) is 2.30. The van der Waals surface area contributed by atoms with E-state index in [9.17, 15) is 14.9 Å². The van der Waals surface area contributed by atoms with Crippen molar-refractivity contribution < 1.29 is 14.5 Å². The Morgan fingerprint density at radius 2 is 1.96 bits per heavy atom. The number of amides is 1. The molecule has 0 aromatic heterocycles. The predicted molar refractivity (Wildman–Crippen MR) is 86.7 cm³/mol. The smallest absolute Gasteiger partial charge is 0.311 e. The molecule has 0 aliphatic rings. The van der Waals surface area contributed by atoms with Gasteiger partial charge in [0.2, 0.25) is 0 Å². The highest BCUT2D eigenvalue weighted by Crippen LogP contribution is 2.27. The molecule has 0 aliphatic carbocycles. The van der Waals surface area contributed by atoms with E-state index in [1.54, 1.807) is 0 Å². The van der Waals surface area contributed by atoms with Crippen molar-refractivity contribution >= 4 is 11.6 Å². The van der Waals surface area contributed by atoms with Crippen LogP contribution in [-0.4, -0.2) is 17.9 Å². The Labute approximate surface area is 134 Å². The summed E-state index contributed by atoms with van der Waals surface area (Å²) in [5.74, 6) is -0.239. The molecule has 6 heteroatoms. The van der Waals surface area contributed by atoms with Crippen molar-refractivity contribution in [3.63, 3.8) is 0 Å². The second kappa shape index (κ2) is 6.91. The van der Waals surface area contributed by atoms with Gasteiger partial charge in [0.1, 0.15) is 0 Å². The van der Waals surface area contributed by atoms with Crippen molar-refractivity contribution in [3.8, 4) is 5.75 Å². The van der Waals surface area contributed by atoms with Gasteiger partial charge >= 0.3 is 5.69 Å². The Morgan fingerprint density at radius 1 is 1.22 bits per heavy atom. The van der Waals surface area contributed by atoms with E-state index in [-0.39, 0.29) is 22.9 Å². The number of carbonyl (C=O) groups excluding carboxylic acids is 1. The van der Waals surface area contributed by atoms with Crippen molar-refractivity contribution in [2.45, 2.75) is 20.4 Å². The molecule has 0 radical (unpaired) electrons. The highest BCUT2D eigenvalue weighted by atomic mass is 16.6. The van der Waals surface area contributed by atoms with Gasteiger partial charge in [0.15, 0.2) is 5.75 Å². The lowest BCUT2D eigenvalue weighted by Crippen LogP contribution is -2.23. The van der Waals surface area contributed by atoms with Crippen molar-refractivity contribution in [2.75, 3.05) is 7.11 Å². The molecule has 0 heterocycles. The number of hydrogen-bond acceptors (Lipinski definition) is 4. The van der Waals surface area contributed by atoms with Gasteiger partial charge in [-0.3, -0.25) is 14.9 Å². The third kappa shape index (κ3) is 3.85. The number of carbonyl (C=O) groups is 1. The average molecular weight is 314 g/mol. The molecular formula is C17H18N2O4. The summed E-state index contributed by atoms with van der Waals surface area (Å²) in [4.78, 5) is 22.6. The zero-order chi connectivity index (χ0) is 17.0. The number of rotatable bonds is 5. The minimum absolute atomic E-state index is 0.126. The van der Waals surface area contributed by atoms with E-state index in [1.807, 2.05) is 32.0 Å². The first-order chi connectivity index (χ1) is 10.9. The van der Waals surface area contributed by atoms with Gasteiger partial charge < -0.3 is 10.1 Å². The molecule has 0 saturated carbocycles. The molecule has 0 atom stereocenters. The number of nitrogens with zero attached hydrogens (tertiary/aromatic N) is 1. The molecule has 1 N–H and O–H groups in total. The third-order valence-corrected chi connectivity index (χ3v) is 3.58. The summed E-state index contributed by atoms with van der Waals surface area (Å²) in [7, 11) is 1.35. The molecule has 2 rings (SSSR count). The van der Waals surface area contributed by atoms with Crippen LogP contribution in [0.2, 0.25) is 0 Å². The number of nitro benzene ring substituents is 1. The van der Waals surface area contributed by atoms with Crippen molar-refractivity contribution in [1.29, 1.82) is 0 Å². The van der Waals surface area contributed by atoms with Crippen LogP contribution in [0, 0.1) is 24.0 Å². The van der Waals surface area contributed by atoms with Crippen LogP contribution in [0.5, 0.6) is 5.75 Å². The maximum Gasteiger partial charge on any atom is 0.311 e. The minimum atomic E-state index is -0.570. The monoisotopic (exact) mass is 314 g/mol. The number of hydrogen-bond donors (Lipinski definition) is 1. The number of nitrogens with one attached hydrogen (secondary N) is 1. The summed E-state index contributed by atoms with van der Waals surface area (Å²) in [5.41, 5.74) is 3.25. The Kier molecular flexibility index (Phi) is 4.95. The van der Waals surface area contributed by atoms with Crippen LogP contribution in [0.3, 0.4) is 0 Å². The van der Waals surface area contributed by atoms with E-state index < -0.39 is 4.92 Å². The van der Waals surface area contributed by atoms with Crippen molar-refractivity contribution in [3.05, 3.63) is 68.8 Å². The first-order valence-corrected chi connectivity index (χ1v) is 7.09. The van der Waals surface area contributed by atoms with Crippen LogP contribution in [0.15, 0.2) is 36.4 Å². The van der Waals surface area contributed by atoms with Crippen LogP contribution >= 0.6 is 0 Å². The van der Waals surface area contributed by atoms with Gasteiger partial charge in [0.05, 0.1) is 12.0 Å². The molecule has 0 unspecified atom stereocenters. The van der Waals surface area contributed by atoms with E-state index in [0.29, 0.717) is 6.54 Å². The molecule has 0 spiro atoms. The molecule has 23 heavy (non-hydrogen) atoms. The standard InChI is InChI=1S/C17H18N2O4/c1-11-4-5-14(12(2)8-11)10-18-17(20)13-6-7-16(23-3)15(9-13)19(21)22/h4-9H,10H2,1-3H3,(H,18,20).